The predicted molar refractivity (Wildman–Crippen MR) is 418 cm³/mol. The van der Waals surface area contributed by atoms with Gasteiger partial charge in [0.2, 0.25) is 0 Å². The molecule has 0 aromatic heterocycles. The van der Waals surface area contributed by atoms with Crippen molar-refractivity contribution >= 4 is 39.5 Å². The van der Waals surface area contributed by atoms with E-state index in [-0.39, 0.29) is 25.7 Å². The maximum Gasteiger partial charge on any atom is 0.472 e. The molecule has 0 fully saturated rings. The van der Waals surface area contributed by atoms with Gasteiger partial charge in [-0.2, -0.15) is 0 Å². The number of hydrogen-bond donors (Lipinski definition) is 3. The van der Waals surface area contributed by atoms with Crippen LogP contribution < -0.4 is 0 Å². The molecule has 19 heteroatoms. The molecule has 606 valence electrons. The second-order valence-corrected chi connectivity index (χ2v) is 33.5. The highest BCUT2D eigenvalue weighted by Gasteiger charge is 2.30. The molecule has 0 saturated heterocycles. The summed E-state index contributed by atoms with van der Waals surface area (Å²) in [6.07, 6.45) is 65.4. The molecule has 0 heterocycles. The summed E-state index contributed by atoms with van der Waals surface area (Å²) in [5.41, 5.74) is 0. The molecular formula is C83H162O17P2. The number of carbonyl (C=O) groups excluding carboxylic acids is 4. The monoisotopic (exact) mass is 1490 g/mol. The molecule has 0 amide bonds. The van der Waals surface area contributed by atoms with E-state index >= 15 is 0 Å². The van der Waals surface area contributed by atoms with Gasteiger partial charge in [0.15, 0.2) is 12.2 Å². The van der Waals surface area contributed by atoms with Crippen LogP contribution in [0.5, 0.6) is 0 Å². The predicted octanol–water partition coefficient (Wildman–Crippen LogP) is 25.1. The van der Waals surface area contributed by atoms with Crippen molar-refractivity contribution in [3.8, 4) is 0 Å². The minimum absolute atomic E-state index is 0.107. The van der Waals surface area contributed by atoms with Crippen LogP contribution >= 0.6 is 15.6 Å². The van der Waals surface area contributed by atoms with Crippen LogP contribution in [0.15, 0.2) is 0 Å². The topological polar surface area (TPSA) is 237 Å². The number of esters is 4. The van der Waals surface area contributed by atoms with Crippen molar-refractivity contribution in [2.24, 2.45) is 11.8 Å². The number of rotatable bonds is 82. The fourth-order valence-corrected chi connectivity index (χ4v) is 14.4. The first-order valence-corrected chi connectivity index (χ1v) is 46.0. The zero-order chi connectivity index (χ0) is 74.9. The Morgan fingerprint density at radius 3 is 0.745 bits per heavy atom. The summed E-state index contributed by atoms with van der Waals surface area (Å²) in [6.45, 7) is 9.71. The van der Waals surface area contributed by atoms with Crippen molar-refractivity contribution in [1.82, 2.24) is 0 Å². The summed E-state index contributed by atoms with van der Waals surface area (Å²) in [5, 5.41) is 10.6. The Balaban J connectivity index is 5.15. The first-order chi connectivity index (χ1) is 49.4. The van der Waals surface area contributed by atoms with Crippen molar-refractivity contribution in [2.75, 3.05) is 39.6 Å². The second kappa shape index (κ2) is 74.5. The Labute approximate surface area is 626 Å². The van der Waals surface area contributed by atoms with Gasteiger partial charge in [-0.3, -0.25) is 37.3 Å². The minimum Gasteiger partial charge on any atom is -0.462 e. The van der Waals surface area contributed by atoms with E-state index < -0.39 is 97.5 Å². The Kier molecular flexibility index (Phi) is 73.1. The molecule has 0 spiro atoms. The van der Waals surface area contributed by atoms with Crippen LogP contribution in [0.2, 0.25) is 0 Å². The smallest absolute Gasteiger partial charge is 0.462 e. The number of aliphatic hydroxyl groups excluding tert-OH is 1. The lowest BCUT2D eigenvalue weighted by atomic mass is 9.99. The first-order valence-electron chi connectivity index (χ1n) is 43.0. The van der Waals surface area contributed by atoms with Gasteiger partial charge in [-0.15, -0.1) is 0 Å². The summed E-state index contributed by atoms with van der Waals surface area (Å²) in [7, 11) is -9.91. The van der Waals surface area contributed by atoms with Gasteiger partial charge < -0.3 is 33.8 Å². The molecule has 0 aliphatic rings. The molecule has 0 radical (unpaired) electrons. The fraction of sp³-hybridized carbons (Fsp3) is 0.952. The molecular weight excluding hydrogens is 1330 g/mol. The molecule has 0 aromatic carbocycles. The van der Waals surface area contributed by atoms with Crippen molar-refractivity contribution in [2.45, 2.75) is 458 Å². The van der Waals surface area contributed by atoms with E-state index in [0.29, 0.717) is 25.7 Å². The van der Waals surface area contributed by atoms with Crippen LogP contribution in [0.25, 0.3) is 0 Å². The van der Waals surface area contributed by atoms with Gasteiger partial charge in [-0.1, -0.05) is 388 Å². The zero-order valence-electron chi connectivity index (χ0n) is 66.9. The summed E-state index contributed by atoms with van der Waals surface area (Å²) in [6, 6.07) is 0. The largest absolute Gasteiger partial charge is 0.472 e. The number of hydrogen-bond acceptors (Lipinski definition) is 15. The van der Waals surface area contributed by atoms with Gasteiger partial charge in [0.1, 0.15) is 19.3 Å². The van der Waals surface area contributed by atoms with Gasteiger partial charge in [-0.05, 0) is 37.5 Å². The van der Waals surface area contributed by atoms with E-state index in [0.717, 1.165) is 108 Å². The van der Waals surface area contributed by atoms with Crippen LogP contribution in [0.3, 0.4) is 0 Å². The van der Waals surface area contributed by atoms with Crippen molar-refractivity contribution in [3.05, 3.63) is 0 Å². The average Bonchev–Trinajstić information content (AvgIpc) is 0.912. The van der Waals surface area contributed by atoms with E-state index in [1.807, 2.05) is 0 Å². The number of aliphatic hydroxyl groups is 1. The third-order valence-electron chi connectivity index (χ3n) is 19.8. The summed E-state index contributed by atoms with van der Waals surface area (Å²) in [5.74, 6) is -0.415. The Morgan fingerprint density at radius 1 is 0.284 bits per heavy atom. The average molecular weight is 1490 g/mol. The van der Waals surface area contributed by atoms with Crippen molar-refractivity contribution in [1.29, 1.82) is 0 Å². The highest BCUT2D eigenvalue weighted by molar-refractivity contribution is 7.47. The lowest BCUT2D eigenvalue weighted by Gasteiger charge is -2.21. The standard InChI is InChI=1S/C83H162O17P2/c1-7-10-12-14-16-18-35-43-49-55-61-67-82(87)99-78(71-93-80(85)65-59-53-47-17-15-13-11-8-2)73-97-101(89,90)95-69-77(84)70-96-102(91,92)98-74-79(72-94-81(86)66-60-54-48-42-38-33-29-25-21-19-23-27-31-36-40-45-51-57-63-75(4)5)100-83(88)68-62-56-50-44-39-34-30-26-22-20-24-28-32-37-41-46-52-58-64-76(6)9-3/h75-79,84H,7-74H2,1-6H3,(H,89,90)(H,91,92)/t76?,77-,78+,79+/m0/s1. The Hall–Kier alpha value is -1.94. The number of carbonyl (C=O) groups is 4. The second-order valence-electron chi connectivity index (χ2n) is 30.6. The molecule has 17 nitrogen and oxygen atoms in total. The van der Waals surface area contributed by atoms with Gasteiger partial charge in [0, 0.05) is 25.7 Å². The van der Waals surface area contributed by atoms with Crippen molar-refractivity contribution < 1.29 is 80.2 Å². The molecule has 0 rings (SSSR count). The lowest BCUT2D eigenvalue weighted by Crippen LogP contribution is -2.30. The SMILES string of the molecule is CCCCCCCCCCCCCC(=O)O[C@H](COC(=O)CCCCCCCCCC)COP(=O)(O)OC[C@H](O)COP(=O)(O)OC[C@@H](COC(=O)CCCCCCCCCCCCCCCCCCCCC(C)C)OC(=O)CCCCCCCCCCCCCCCCCCCCC(C)CC. The van der Waals surface area contributed by atoms with E-state index in [1.165, 1.54) is 250 Å². The summed E-state index contributed by atoms with van der Waals surface area (Å²) >= 11 is 0. The van der Waals surface area contributed by atoms with Crippen LogP contribution in [-0.2, 0) is 65.4 Å². The van der Waals surface area contributed by atoms with Gasteiger partial charge in [-0.25, -0.2) is 9.13 Å². The molecule has 102 heavy (non-hydrogen) atoms. The maximum absolute atomic E-state index is 13.1. The molecule has 0 aliphatic carbocycles. The number of phosphoric acid groups is 2. The first kappa shape index (κ1) is 100. The minimum atomic E-state index is -4.96. The molecule has 0 saturated carbocycles. The Morgan fingerprint density at radius 2 is 0.500 bits per heavy atom. The van der Waals surface area contributed by atoms with E-state index in [4.69, 9.17) is 37.0 Å². The van der Waals surface area contributed by atoms with E-state index in [1.54, 1.807) is 0 Å². The maximum atomic E-state index is 13.1. The summed E-state index contributed by atoms with van der Waals surface area (Å²) < 4.78 is 68.6. The summed E-state index contributed by atoms with van der Waals surface area (Å²) in [4.78, 5) is 72.9. The molecule has 0 bridgehead atoms. The van der Waals surface area contributed by atoms with E-state index in [9.17, 15) is 43.2 Å². The van der Waals surface area contributed by atoms with Crippen LogP contribution in [0.4, 0.5) is 0 Å². The number of phosphoric ester groups is 2. The third kappa shape index (κ3) is 74.9. The fourth-order valence-electron chi connectivity index (χ4n) is 12.9. The zero-order valence-corrected chi connectivity index (χ0v) is 68.7. The number of ether oxygens (including phenoxy) is 4. The van der Waals surface area contributed by atoms with Crippen molar-refractivity contribution in [3.63, 3.8) is 0 Å². The molecule has 3 N–H and O–H groups in total. The van der Waals surface area contributed by atoms with Crippen LogP contribution in [-0.4, -0.2) is 96.7 Å². The third-order valence-corrected chi connectivity index (χ3v) is 21.7. The van der Waals surface area contributed by atoms with Gasteiger partial charge in [0.25, 0.3) is 0 Å². The lowest BCUT2D eigenvalue weighted by molar-refractivity contribution is -0.161. The quantitative estimate of drug-likeness (QED) is 0.0222. The molecule has 0 aromatic rings. The number of unbranched alkanes of at least 4 members (excludes halogenated alkanes) is 51. The van der Waals surface area contributed by atoms with E-state index in [2.05, 4.69) is 41.5 Å². The highest BCUT2D eigenvalue weighted by atomic mass is 31.2. The molecule has 6 atom stereocenters. The molecule has 0 aliphatic heterocycles. The normalized spacial score (nSPS) is 14.1. The van der Waals surface area contributed by atoms with Crippen LogP contribution in [0, 0.1) is 11.8 Å². The van der Waals surface area contributed by atoms with Crippen LogP contribution in [0.1, 0.15) is 440 Å². The van der Waals surface area contributed by atoms with Gasteiger partial charge >= 0.3 is 39.5 Å². The Bertz CT molecular complexity index is 1960. The van der Waals surface area contributed by atoms with Gasteiger partial charge in [0.05, 0.1) is 26.4 Å². The highest BCUT2D eigenvalue weighted by Crippen LogP contribution is 2.45. The molecule has 3 unspecified atom stereocenters.